The van der Waals surface area contributed by atoms with Gasteiger partial charge in [-0.05, 0) is 50.1 Å². The van der Waals surface area contributed by atoms with Crippen molar-refractivity contribution >= 4 is 46.3 Å². The molecule has 0 spiro atoms. The minimum absolute atomic E-state index is 0.00715. The van der Waals surface area contributed by atoms with Gasteiger partial charge in [0.2, 0.25) is 5.95 Å². The number of aryl methyl sites for hydroxylation is 1. The summed E-state index contributed by atoms with van der Waals surface area (Å²) >= 11 is 2.54. The van der Waals surface area contributed by atoms with Gasteiger partial charge in [0.25, 0.3) is 5.91 Å². The summed E-state index contributed by atoms with van der Waals surface area (Å²) in [5, 5.41) is 6.71. The number of piperazine rings is 1. The number of halogens is 3. The van der Waals surface area contributed by atoms with E-state index >= 15 is 0 Å². The number of fused-ring (bicyclic) bond motifs is 1. The van der Waals surface area contributed by atoms with Crippen molar-refractivity contribution in [3.8, 4) is 10.6 Å². The first-order valence-corrected chi connectivity index (χ1v) is 15.9. The number of carbonyl (C=O) groups is 1. The van der Waals surface area contributed by atoms with Crippen LogP contribution in [0.15, 0.2) is 35.4 Å². The average molecular weight is 619 g/mol. The number of benzene rings is 1. The molecule has 0 bridgehead atoms. The third-order valence-electron chi connectivity index (χ3n) is 7.77. The Balaban J connectivity index is 1.31. The zero-order valence-electron chi connectivity index (χ0n) is 23.6. The third kappa shape index (κ3) is 5.84. The molecule has 2 saturated heterocycles. The summed E-state index contributed by atoms with van der Waals surface area (Å²) < 4.78 is 47.7. The van der Waals surface area contributed by atoms with Crippen LogP contribution in [0.4, 0.5) is 30.5 Å². The monoisotopic (exact) mass is 618 g/mol. The molecule has 224 valence electrons. The second kappa shape index (κ2) is 11.7. The number of amides is 1. The Bertz CT molecular complexity index is 1470. The van der Waals surface area contributed by atoms with E-state index in [9.17, 15) is 18.0 Å². The Morgan fingerprint density at radius 3 is 2.60 bits per heavy atom. The number of thiophene rings is 1. The highest BCUT2D eigenvalue weighted by molar-refractivity contribution is 7.99. The summed E-state index contributed by atoms with van der Waals surface area (Å²) in [5.74, 6) is 0.567. The van der Waals surface area contributed by atoms with Gasteiger partial charge >= 0.3 is 6.18 Å². The van der Waals surface area contributed by atoms with Gasteiger partial charge in [-0.3, -0.25) is 4.79 Å². The van der Waals surface area contributed by atoms with Gasteiger partial charge in [-0.15, -0.1) is 23.1 Å². The first kappa shape index (κ1) is 29.2. The van der Waals surface area contributed by atoms with Crippen molar-refractivity contribution in [3.05, 3.63) is 46.5 Å². The molecule has 13 heteroatoms. The molecule has 2 aromatic heterocycles. The van der Waals surface area contributed by atoms with Gasteiger partial charge in [-0.25, -0.2) is 9.97 Å². The molecule has 1 amide bonds. The average Bonchev–Trinajstić information content (AvgIpc) is 3.28. The van der Waals surface area contributed by atoms with Gasteiger partial charge < -0.3 is 25.2 Å². The number of alkyl halides is 3. The Morgan fingerprint density at radius 2 is 1.93 bits per heavy atom. The van der Waals surface area contributed by atoms with Gasteiger partial charge in [-0.1, -0.05) is 6.92 Å². The van der Waals surface area contributed by atoms with Crippen LogP contribution < -0.4 is 15.5 Å². The molecule has 8 nitrogen and oxygen atoms in total. The molecule has 2 fully saturated rings. The predicted molar refractivity (Wildman–Crippen MR) is 160 cm³/mol. The fourth-order valence-electron chi connectivity index (χ4n) is 5.67. The molecule has 2 N–H and O–H groups in total. The highest BCUT2D eigenvalue weighted by atomic mass is 32.2. The highest BCUT2D eigenvalue weighted by Crippen LogP contribution is 2.43. The fourth-order valence-corrected chi connectivity index (χ4v) is 7.99. The van der Waals surface area contributed by atoms with Crippen LogP contribution in [0.3, 0.4) is 0 Å². The summed E-state index contributed by atoms with van der Waals surface area (Å²) in [5.41, 5.74) is 1.70. The number of hydrogen-bond acceptors (Lipinski definition) is 9. The number of carbonyl (C=O) groups excluding carboxylic acids is 1. The van der Waals surface area contributed by atoms with Crippen LogP contribution in [0.25, 0.3) is 10.6 Å². The molecule has 1 aromatic carbocycles. The Labute approximate surface area is 251 Å². The Morgan fingerprint density at radius 1 is 1.17 bits per heavy atom. The molecule has 2 atom stereocenters. The molecule has 5 heterocycles. The van der Waals surface area contributed by atoms with E-state index in [1.165, 1.54) is 11.8 Å². The fraction of sp³-hybridized carbons (Fsp3) is 0.483. The summed E-state index contributed by atoms with van der Waals surface area (Å²) in [4.78, 5) is 27.3. The smallest absolute Gasteiger partial charge is 0.377 e. The molecule has 0 saturated carbocycles. The number of nitrogens with zero attached hydrogens (tertiary/aromatic N) is 4. The first-order valence-electron chi connectivity index (χ1n) is 14.1. The van der Waals surface area contributed by atoms with Crippen molar-refractivity contribution in [2.45, 2.75) is 56.4 Å². The van der Waals surface area contributed by atoms with Gasteiger partial charge in [0.1, 0.15) is 10.4 Å². The van der Waals surface area contributed by atoms with Gasteiger partial charge in [0.15, 0.2) is 0 Å². The van der Waals surface area contributed by atoms with Crippen molar-refractivity contribution in [2.24, 2.45) is 0 Å². The Hall–Kier alpha value is -2.87. The van der Waals surface area contributed by atoms with E-state index in [4.69, 9.17) is 4.74 Å². The van der Waals surface area contributed by atoms with E-state index in [1.807, 2.05) is 19.1 Å². The molecular weight excluding hydrogens is 585 g/mol. The van der Waals surface area contributed by atoms with E-state index < -0.39 is 11.7 Å². The zero-order chi connectivity index (χ0) is 29.6. The number of ether oxygens (including phenoxy) is 1. The van der Waals surface area contributed by atoms with E-state index in [0.29, 0.717) is 52.2 Å². The maximum Gasteiger partial charge on any atom is 0.420 e. The summed E-state index contributed by atoms with van der Waals surface area (Å²) in [6.07, 6.45) is -3.11. The van der Waals surface area contributed by atoms with Gasteiger partial charge in [-0.2, -0.15) is 13.2 Å². The quantitative estimate of drug-likeness (QED) is 0.366. The van der Waals surface area contributed by atoms with E-state index in [2.05, 4.69) is 45.4 Å². The molecule has 42 heavy (non-hydrogen) atoms. The molecule has 2 unspecified atom stereocenters. The summed E-state index contributed by atoms with van der Waals surface area (Å²) in [6, 6.07) is 8.48. The molecule has 0 aliphatic carbocycles. The molecular formula is C29H33F3N6O2S2. The number of aromatic nitrogens is 2. The first-order chi connectivity index (χ1) is 20.1. The third-order valence-corrected chi connectivity index (χ3v) is 10.0. The lowest BCUT2D eigenvalue weighted by Gasteiger charge is -2.38. The number of rotatable bonds is 6. The maximum absolute atomic E-state index is 14.1. The van der Waals surface area contributed by atoms with Crippen LogP contribution in [0.5, 0.6) is 0 Å². The second-order valence-corrected chi connectivity index (χ2v) is 13.2. The summed E-state index contributed by atoms with van der Waals surface area (Å²) in [7, 11) is 0. The van der Waals surface area contributed by atoms with Crippen LogP contribution in [0, 0.1) is 0 Å². The van der Waals surface area contributed by atoms with E-state index in [0.717, 1.165) is 54.0 Å². The van der Waals surface area contributed by atoms with Crippen LogP contribution in [-0.2, 0) is 17.3 Å². The molecule has 0 radical (unpaired) electrons. The number of thioether (sulfide) groups is 1. The van der Waals surface area contributed by atoms with Crippen molar-refractivity contribution in [2.75, 3.05) is 48.8 Å². The van der Waals surface area contributed by atoms with Crippen LogP contribution in [0.1, 0.15) is 41.6 Å². The predicted octanol–water partition coefficient (Wildman–Crippen LogP) is 5.66. The number of nitrogens with one attached hydrogen (secondary N) is 2. The second-order valence-electron chi connectivity index (χ2n) is 11.0. The number of anilines is 3. The number of hydrogen-bond donors (Lipinski definition) is 2. The minimum atomic E-state index is -4.66. The maximum atomic E-state index is 14.1. The van der Waals surface area contributed by atoms with E-state index in [1.54, 1.807) is 11.0 Å². The van der Waals surface area contributed by atoms with Crippen molar-refractivity contribution < 1.29 is 22.7 Å². The largest absolute Gasteiger partial charge is 0.420 e. The zero-order valence-corrected chi connectivity index (χ0v) is 25.3. The van der Waals surface area contributed by atoms with Crippen LogP contribution >= 0.6 is 23.1 Å². The van der Waals surface area contributed by atoms with Crippen LogP contribution in [-0.4, -0.2) is 77.5 Å². The lowest BCUT2D eigenvalue weighted by atomic mass is 10.1. The standard InChI is InChI=1S/C29H33F3N6O2S2/c1-4-18-9-19(37-12-16(2)34-17(3)13-37)5-6-22(18)35-28-33-11-21(29(30,31)32)25(36-28)23-10-24-26(42-23)27(39)38(7-8-41-24)20-14-40-15-20/h5-6,9-11,16-17,20,34H,4,7-8,12-15H2,1-3H3,(H,33,35,36). The van der Waals surface area contributed by atoms with Crippen LogP contribution in [0.2, 0.25) is 0 Å². The molecule has 6 rings (SSSR count). The molecule has 3 aromatic rings. The van der Waals surface area contributed by atoms with Crippen molar-refractivity contribution in [3.63, 3.8) is 0 Å². The van der Waals surface area contributed by atoms with Crippen molar-refractivity contribution in [1.29, 1.82) is 0 Å². The van der Waals surface area contributed by atoms with E-state index in [-0.39, 0.29) is 23.6 Å². The molecule has 3 aliphatic rings. The van der Waals surface area contributed by atoms with Gasteiger partial charge in [0.05, 0.1) is 29.8 Å². The van der Waals surface area contributed by atoms with Crippen molar-refractivity contribution in [1.82, 2.24) is 20.2 Å². The highest BCUT2D eigenvalue weighted by Gasteiger charge is 2.38. The SMILES string of the molecule is CCc1cc(N2CC(C)NC(C)C2)ccc1Nc1ncc(C(F)(F)F)c(-c2cc3c(s2)C(=O)N(C2COC2)CCS3)n1. The topological polar surface area (TPSA) is 82.6 Å². The van der Waals surface area contributed by atoms with Gasteiger partial charge in [0, 0.05) is 59.9 Å². The molecule has 3 aliphatic heterocycles. The lowest BCUT2D eigenvalue weighted by molar-refractivity contribution is -0.137. The normalized spacial score (nSPS) is 21.6. The Kier molecular flexibility index (Phi) is 8.11. The lowest BCUT2D eigenvalue weighted by Crippen LogP contribution is -2.54. The minimum Gasteiger partial charge on any atom is -0.377 e. The summed E-state index contributed by atoms with van der Waals surface area (Å²) in [6.45, 7) is 9.70.